The zero-order chi connectivity index (χ0) is 11.7. The van der Waals surface area contributed by atoms with Gasteiger partial charge in [0.05, 0.1) is 21.4 Å². The van der Waals surface area contributed by atoms with Gasteiger partial charge >= 0.3 is 0 Å². The van der Waals surface area contributed by atoms with Crippen molar-refractivity contribution in [3.05, 3.63) is 29.0 Å². The predicted octanol–water partition coefficient (Wildman–Crippen LogP) is 4.40. The molecule has 0 aliphatic heterocycles. The molecule has 0 saturated carbocycles. The molecule has 1 atom stereocenters. The van der Waals surface area contributed by atoms with Gasteiger partial charge in [0.2, 0.25) is 0 Å². The van der Waals surface area contributed by atoms with E-state index in [-0.39, 0.29) is 5.38 Å². The zero-order valence-electron chi connectivity index (χ0n) is 9.37. The van der Waals surface area contributed by atoms with E-state index in [9.17, 15) is 0 Å². The number of nitrogens with zero attached hydrogens (tertiary/aromatic N) is 2. The van der Waals surface area contributed by atoms with E-state index in [1.165, 1.54) is 0 Å². The highest BCUT2D eigenvalue weighted by molar-refractivity contribution is 6.35. The number of imidazole rings is 1. The molecular formula is C12H14Cl2N2. The van der Waals surface area contributed by atoms with Crippen LogP contribution >= 0.6 is 23.2 Å². The highest BCUT2D eigenvalue weighted by Crippen LogP contribution is 2.29. The summed E-state index contributed by atoms with van der Waals surface area (Å²) in [6.45, 7) is 4.96. The summed E-state index contributed by atoms with van der Waals surface area (Å²) in [5.74, 6) is 0.895. The second kappa shape index (κ2) is 4.64. The molecule has 0 bridgehead atoms. The lowest BCUT2D eigenvalue weighted by molar-refractivity contribution is 0.654. The van der Waals surface area contributed by atoms with Crippen LogP contribution in [0.3, 0.4) is 0 Å². The first kappa shape index (κ1) is 11.7. The molecule has 0 spiro atoms. The van der Waals surface area contributed by atoms with Gasteiger partial charge in [-0.2, -0.15) is 0 Å². The number of hydrogen-bond donors (Lipinski definition) is 0. The molecule has 0 saturated heterocycles. The molecule has 86 valence electrons. The van der Waals surface area contributed by atoms with Gasteiger partial charge < -0.3 is 4.57 Å². The second-order valence-corrected chi connectivity index (χ2v) is 4.91. The van der Waals surface area contributed by atoms with Crippen molar-refractivity contribution in [3.8, 4) is 0 Å². The monoisotopic (exact) mass is 256 g/mol. The predicted molar refractivity (Wildman–Crippen MR) is 69.3 cm³/mol. The van der Waals surface area contributed by atoms with Crippen molar-refractivity contribution in [2.24, 2.45) is 0 Å². The summed E-state index contributed by atoms with van der Waals surface area (Å²) in [7, 11) is 0. The van der Waals surface area contributed by atoms with Gasteiger partial charge in [-0.1, -0.05) is 24.6 Å². The molecule has 1 heterocycles. The molecule has 2 nitrogen and oxygen atoms in total. The van der Waals surface area contributed by atoms with E-state index in [4.69, 9.17) is 23.2 Å². The molecule has 1 aromatic heterocycles. The standard InChI is InChI=1S/C12H14Cl2N2/c1-3-7-16-11-9(14)5-4-6-10(11)15-12(16)8(2)13/h4-6,8H,3,7H2,1-2H3. The lowest BCUT2D eigenvalue weighted by atomic mass is 10.3. The minimum absolute atomic E-state index is 0.102. The Bertz CT molecular complexity index is 503. The van der Waals surface area contributed by atoms with Gasteiger partial charge in [0.25, 0.3) is 0 Å². The number of aromatic nitrogens is 2. The number of alkyl halides is 1. The summed E-state index contributed by atoms with van der Waals surface area (Å²) in [6.07, 6.45) is 1.04. The summed E-state index contributed by atoms with van der Waals surface area (Å²) < 4.78 is 2.12. The van der Waals surface area contributed by atoms with Gasteiger partial charge in [0.15, 0.2) is 0 Å². The first-order valence-corrected chi connectivity index (χ1v) is 6.25. The third-order valence-corrected chi connectivity index (χ3v) is 3.05. The van der Waals surface area contributed by atoms with E-state index in [0.29, 0.717) is 0 Å². The number of hydrogen-bond acceptors (Lipinski definition) is 1. The maximum atomic E-state index is 6.21. The van der Waals surface area contributed by atoms with Gasteiger partial charge in [0.1, 0.15) is 5.82 Å². The Kier molecular flexibility index (Phi) is 3.41. The Morgan fingerprint density at radius 2 is 2.19 bits per heavy atom. The molecule has 4 heteroatoms. The summed E-state index contributed by atoms with van der Waals surface area (Å²) >= 11 is 12.4. The van der Waals surface area contributed by atoms with E-state index in [0.717, 1.165) is 34.8 Å². The number of benzene rings is 1. The maximum absolute atomic E-state index is 6.21. The van der Waals surface area contributed by atoms with Crippen LogP contribution in [0.15, 0.2) is 18.2 Å². The summed E-state index contributed by atoms with van der Waals surface area (Å²) in [5, 5.41) is 0.636. The van der Waals surface area contributed by atoms with Gasteiger partial charge in [-0.3, -0.25) is 0 Å². The Morgan fingerprint density at radius 1 is 1.44 bits per heavy atom. The van der Waals surface area contributed by atoms with Crippen LogP contribution in [0.5, 0.6) is 0 Å². The van der Waals surface area contributed by atoms with E-state index in [2.05, 4.69) is 16.5 Å². The topological polar surface area (TPSA) is 17.8 Å². The van der Waals surface area contributed by atoms with Crippen LogP contribution in [0.1, 0.15) is 31.5 Å². The molecule has 2 rings (SSSR count). The van der Waals surface area contributed by atoms with Crippen LogP contribution in [0, 0.1) is 0 Å². The molecule has 0 radical (unpaired) electrons. The quantitative estimate of drug-likeness (QED) is 0.745. The van der Waals surface area contributed by atoms with Gasteiger partial charge in [-0.25, -0.2) is 4.98 Å². The fraction of sp³-hybridized carbons (Fsp3) is 0.417. The normalized spacial score (nSPS) is 13.2. The van der Waals surface area contributed by atoms with Crippen LogP contribution in [-0.2, 0) is 6.54 Å². The highest BCUT2D eigenvalue weighted by atomic mass is 35.5. The third-order valence-electron chi connectivity index (χ3n) is 2.55. The average Bonchev–Trinajstić information content (AvgIpc) is 2.59. The van der Waals surface area contributed by atoms with Crippen molar-refractivity contribution in [3.63, 3.8) is 0 Å². The Balaban J connectivity index is 2.72. The molecule has 0 amide bonds. The van der Waals surface area contributed by atoms with Crippen molar-refractivity contribution in [2.45, 2.75) is 32.2 Å². The lowest BCUT2D eigenvalue weighted by Crippen LogP contribution is -2.04. The van der Waals surface area contributed by atoms with E-state index in [1.807, 2.05) is 25.1 Å². The molecular weight excluding hydrogens is 243 g/mol. The molecule has 0 fully saturated rings. The number of rotatable bonds is 3. The highest BCUT2D eigenvalue weighted by Gasteiger charge is 2.15. The smallest absolute Gasteiger partial charge is 0.127 e. The number of para-hydroxylation sites is 1. The Labute approximate surface area is 105 Å². The molecule has 16 heavy (non-hydrogen) atoms. The number of fused-ring (bicyclic) bond motifs is 1. The first-order chi connectivity index (χ1) is 7.65. The van der Waals surface area contributed by atoms with Crippen molar-refractivity contribution < 1.29 is 0 Å². The fourth-order valence-corrected chi connectivity index (χ4v) is 2.35. The number of halogens is 2. The van der Waals surface area contributed by atoms with Gasteiger partial charge in [-0.05, 0) is 25.5 Å². The van der Waals surface area contributed by atoms with Crippen LogP contribution in [0.2, 0.25) is 5.02 Å². The fourth-order valence-electron chi connectivity index (χ4n) is 1.91. The van der Waals surface area contributed by atoms with Crippen molar-refractivity contribution in [2.75, 3.05) is 0 Å². The van der Waals surface area contributed by atoms with Crippen LogP contribution in [0.25, 0.3) is 11.0 Å². The summed E-state index contributed by atoms with van der Waals surface area (Å²) in [5.41, 5.74) is 1.91. The third kappa shape index (κ3) is 1.92. The second-order valence-electron chi connectivity index (χ2n) is 3.85. The van der Waals surface area contributed by atoms with Crippen molar-refractivity contribution in [1.82, 2.24) is 9.55 Å². The SMILES string of the molecule is CCCn1c(C(C)Cl)nc2cccc(Cl)c21. The largest absolute Gasteiger partial charge is 0.326 e. The van der Waals surface area contributed by atoms with Gasteiger partial charge in [0, 0.05) is 6.54 Å². The zero-order valence-corrected chi connectivity index (χ0v) is 10.9. The number of aryl methyl sites for hydroxylation is 1. The Hall–Kier alpha value is -0.730. The van der Waals surface area contributed by atoms with E-state index >= 15 is 0 Å². The molecule has 1 unspecified atom stereocenters. The molecule has 0 aliphatic carbocycles. The van der Waals surface area contributed by atoms with Crippen molar-refractivity contribution in [1.29, 1.82) is 0 Å². The van der Waals surface area contributed by atoms with Gasteiger partial charge in [-0.15, -0.1) is 11.6 Å². The van der Waals surface area contributed by atoms with Crippen LogP contribution in [-0.4, -0.2) is 9.55 Å². The molecule has 1 aromatic carbocycles. The Morgan fingerprint density at radius 3 is 2.81 bits per heavy atom. The molecule has 0 aliphatic rings. The molecule has 0 N–H and O–H groups in total. The van der Waals surface area contributed by atoms with E-state index in [1.54, 1.807) is 0 Å². The molecule has 2 aromatic rings. The summed E-state index contributed by atoms with van der Waals surface area (Å²) in [4.78, 5) is 4.54. The van der Waals surface area contributed by atoms with Crippen molar-refractivity contribution >= 4 is 34.2 Å². The van der Waals surface area contributed by atoms with Crippen LogP contribution in [0.4, 0.5) is 0 Å². The minimum Gasteiger partial charge on any atom is -0.326 e. The summed E-state index contributed by atoms with van der Waals surface area (Å²) in [6, 6.07) is 5.77. The first-order valence-electron chi connectivity index (χ1n) is 5.44. The van der Waals surface area contributed by atoms with Crippen LogP contribution < -0.4 is 0 Å². The maximum Gasteiger partial charge on any atom is 0.127 e. The lowest BCUT2D eigenvalue weighted by Gasteiger charge is -2.09. The van der Waals surface area contributed by atoms with E-state index < -0.39 is 0 Å². The average molecular weight is 257 g/mol. The minimum atomic E-state index is -0.102.